The van der Waals surface area contributed by atoms with Crippen molar-refractivity contribution in [1.29, 1.82) is 0 Å². The van der Waals surface area contributed by atoms with Gasteiger partial charge in [0.1, 0.15) is 6.61 Å². The maximum Gasteiger partial charge on any atom is 0.472 e. The van der Waals surface area contributed by atoms with E-state index in [0.29, 0.717) is 6.42 Å². The highest BCUT2D eigenvalue weighted by Crippen LogP contribution is 2.43. The van der Waals surface area contributed by atoms with E-state index in [1.54, 1.807) is 0 Å². The summed E-state index contributed by atoms with van der Waals surface area (Å²) in [6.45, 7) is 3.67. The van der Waals surface area contributed by atoms with E-state index in [-0.39, 0.29) is 38.6 Å². The van der Waals surface area contributed by atoms with Gasteiger partial charge in [-0.1, -0.05) is 336 Å². The van der Waals surface area contributed by atoms with E-state index in [4.69, 9.17) is 24.3 Å². The molecule has 0 saturated carbocycles. The van der Waals surface area contributed by atoms with Gasteiger partial charge in [-0.2, -0.15) is 0 Å². The van der Waals surface area contributed by atoms with Gasteiger partial charge >= 0.3 is 19.8 Å². The molecule has 504 valence electrons. The molecule has 3 N–H and O–H groups in total. The number of hydrogen-bond donors (Lipinski definition) is 2. The number of hydrogen-bond acceptors (Lipinski definition) is 8. The summed E-state index contributed by atoms with van der Waals surface area (Å²) < 4.78 is 33.2. The zero-order chi connectivity index (χ0) is 63.0. The number of phosphoric ester groups is 1. The summed E-state index contributed by atoms with van der Waals surface area (Å²) >= 11 is 0. The van der Waals surface area contributed by atoms with Crippen LogP contribution in [0, 0.1) is 0 Å². The number of esters is 2. The zero-order valence-corrected chi connectivity index (χ0v) is 57.6. The fourth-order valence-electron chi connectivity index (χ4n) is 10.6. The summed E-state index contributed by atoms with van der Waals surface area (Å²) in [4.78, 5) is 35.4. The van der Waals surface area contributed by atoms with E-state index in [1.807, 2.05) is 0 Å². The van der Waals surface area contributed by atoms with Gasteiger partial charge in [-0.05, 0) is 96.3 Å². The summed E-state index contributed by atoms with van der Waals surface area (Å²) in [6, 6.07) is 0. The van der Waals surface area contributed by atoms with Crippen LogP contribution >= 0.6 is 7.82 Å². The van der Waals surface area contributed by atoms with E-state index < -0.39 is 26.5 Å². The second kappa shape index (κ2) is 72.0. The summed E-state index contributed by atoms with van der Waals surface area (Å²) in [5, 5.41) is 0. The van der Waals surface area contributed by atoms with Crippen LogP contribution in [0.15, 0.2) is 97.2 Å². The third kappa shape index (κ3) is 71.9. The molecule has 0 amide bonds. The Morgan fingerprint density at radius 3 is 0.954 bits per heavy atom. The number of phosphoric acid groups is 1. The largest absolute Gasteiger partial charge is 0.472 e. The molecule has 0 aliphatic heterocycles. The van der Waals surface area contributed by atoms with Crippen molar-refractivity contribution < 1.29 is 37.6 Å². The number of carbonyl (C=O) groups excluding carboxylic acids is 2. The van der Waals surface area contributed by atoms with Crippen molar-refractivity contribution in [3.63, 3.8) is 0 Å². The lowest BCUT2D eigenvalue weighted by Gasteiger charge is -2.19. The molecule has 0 aliphatic carbocycles. The molecule has 0 aliphatic rings. The van der Waals surface area contributed by atoms with Crippen LogP contribution in [0.5, 0.6) is 0 Å². The van der Waals surface area contributed by atoms with Crippen LogP contribution in [0.3, 0.4) is 0 Å². The molecule has 0 aromatic rings. The maximum absolute atomic E-state index is 12.8. The van der Waals surface area contributed by atoms with Crippen molar-refractivity contribution in [2.24, 2.45) is 5.73 Å². The maximum atomic E-state index is 12.8. The van der Waals surface area contributed by atoms with E-state index in [0.717, 1.165) is 83.5 Å². The summed E-state index contributed by atoms with van der Waals surface area (Å²) in [6.07, 6.45) is 98.0. The van der Waals surface area contributed by atoms with E-state index >= 15 is 0 Å². The molecule has 10 heteroatoms. The van der Waals surface area contributed by atoms with Crippen LogP contribution in [0.25, 0.3) is 0 Å². The van der Waals surface area contributed by atoms with E-state index in [2.05, 4.69) is 111 Å². The van der Waals surface area contributed by atoms with Crippen LogP contribution < -0.4 is 5.73 Å². The fourth-order valence-corrected chi connectivity index (χ4v) is 11.3. The van der Waals surface area contributed by atoms with Crippen molar-refractivity contribution in [1.82, 2.24) is 0 Å². The molecule has 0 heterocycles. The van der Waals surface area contributed by atoms with Crippen LogP contribution in [0.2, 0.25) is 0 Å². The highest BCUT2D eigenvalue weighted by Gasteiger charge is 2.26. The van der Waals surface area contributed by atoms with Crippen molar-refractivity contribution in [2.75, 3.05) is 26.4 Å². The standard InChI is InChI=1S/C77H138NO8P/c1-3-5-7-9-11-13-15-17-19-21-23-25-27-29-31-33-35-36-37-38-40-42-44-46-48-50-52-54-56-58-60-62-64-66-68-70-77(80)86-75(74-85-87(81,82)84-72-71-78)73-83-76(79)69-67-65-63-61-59-57-55-53-51-49-47-45-43-41-39-34-32-30-28-26-24-22-20-18-16-14-12-10-8-6-4-2/h5,7,11,13,17,19,22-25,29,31,35-36,38,40,75H,3-4,6,8-10,12,14-16,18,20-21,26-28,30,32-34,37,39,41-74,78H2,1-2H3,(H,81,82)/b7-5-,13-11-,19-17-,24-22-,25-23-,31-29-,36-35-,40-38-. The predicted molar refractivity (Wildman–Crippen MR) is 376 cm³/mol. The quantitative estimate of drug-likeness (QED) is 0.0264. The van der Waals surface area contributed by atoms with Gasteiger partial charge in [-0.3, -0.25) is 18.6 Å². The van der Waals surface area contributed by atoms with Crippen LogP contribution in [-0.4, -0.2) is 49.3 Å². The molecule has 2 atom stereocenters. The molecule has 2 unspecified atom stereocenters. The van der Waals surface area contributed by atoms with Crippen molar-refractivity contribution in [2.45, 2.75) is 354 Å². The Morgan fingerprint density at radius 1 is 0.356 bits per heavy atom. The summed E-state index contributed by atoms with van der Waals surface area (Å²) in [7, 11) is -4.40. The third-order valence-electron chi connectivity index (χ3n) is 16.0. The van der Waals surface area contributed by atoms with Gasteiger partial charge in [-0.15, -0.1) is 0 Å². The third-order valence-corrected chi connectivity index (χ3v) is 16.9. The minimum absolute atomic E-state index is 0.0515. The zero-order valence-electron chi connectivity index (χ0n) is 56.7. The number of allylic oxidation sites excluding steroid dienone is 16. The highest BCUT2D eigenvalue weighted by atomic mass is 31.2. The first-order valence-corrected chi connectivity index (χ1v) is 38.2. The van der Waals surface area contributed by atoms with Gasteiger partial charge in [0.2, 0.25) is 0 Å². The lowest BCUT2D eigenvalue weighted by Crippen LogP contribution is -2.29. The van der Waals surface area contributed by atoms with Gasteiger partial charge < -0.3 is 20.1 Å². The molecule has 0 bridgehead atoms. The molecule has 9 nitrogen and oxygen atoms in total. The van der Waals surface area contributed by atoms with Crippen molar-refractivity contribution in [3.05, 3.63) is 97.2 Å². The van der Waals surface area contributed by atoms with Crippen molar-refractivity contribution in [3.8, 4) is 0 Å². The summed E-state index contributed by atoms with van der Waals surface area (Å²) in [5.74, 6) is -0.817. The van der Waals surface area contributed by atoms with E-state index in [9.17, 15) is 19.0 Å². The monoisotopic (exact) mass is 1240 g/mol. The minimum Gasteiger partial charge on any atom is -0.462 e. The number of nitrogens with two attached hydrogens (primary N) is 1. The molecule has 0 aromatic heterocycles. The number of ether oxygens (including phenoxy) is 2. The second-order valence-corrected chi connectivity index (χ2v) is 25.9. The molecule has 0 spiro atoms. The fraction of sp³-hybridized carbons (Fsp3) is 0.766. The van der Waals surface area contributed by atoms with Crippen LogP contribution in [0.1, 0.15) is 348 Å². The molecule has 0 aromatic carbocycles. The molecule has 0 radical (unpaired) electrons. The van der Waals surface area contributed by atoms with E-state index in [1.165, 1.54) is 231 Å². The molecular formula is C77H138NO8P. The van der Waals surface area contributed by atoms with Gasteiger partial charge in [0.15, 0.2) is 6.10 Å². The first kappa shape index (κ1) is 83.9. The Hall–Kier alpha value is -3.07. The van der Waals surface area contributed by atoms with Crippen LogP contribution in [-0.2, 0) is 32.7 Å². The van der Waals surface area contributed by atoms with Gasteiger partial charge in [-0.25, -0.2) is 4.57 Å². The molecule has 87 heavy (non-hydrogen) atoms. The summed E-state index contributed by atoms with van der Waals surface area (Å²) in [5.41, 5.74) is 5.41. The lowest BCUT2D eigenvalue weighted by molar-refractivity contribution is -0.161. The van der Waals surface area contributed by atoms with Crippen molar-refractivity contribution >= 4 is 19.8 Å². The topological polar surface area (TPSA) is 134 Å². The van der Waals surface area contributed by atoms with Gasteiger partial charge in [0, 0.05) is 19.4 Å². The van der Waals surface area contributed by atoms with Gasteiger partial charge in [0.05, 0.1) is 13.2 Å². The predicted octanol–water partition coefficient (Wildman–Crippen LogP) is 24.3. The molecule has 0 saturated heterocycles. The van der Waals surface area contributed by atoms with Crippen LogP contribution in [0.4, 0.5) is 0 Å². The lowest BCUT2D eigenvalue weighted by atomic mass is 10.0. The second-order valence-electron chi connectivity index (χ2n) is 24.4. The number of carbonyl (C=O) groups is 2. The first-order valence-electron chi connectivity index (χ1n) is 36.7. The van der Waals surface area contributed by atoms with Gasteiger partial charge in [0.25, 0.3) is 0 Å². The normalized spacial score (nSPS) is 13.5. The first-order chi connectivity index (χ1) is 42.8. The SMILES string of the molecule is CC/C=C\C/C=C\C/C=C\C/C=C\C/C=C\C/C=C\C/C=C\CCCCCCCCCCCCCCCC(=O)OC(COC(=O)CCCCCCCCCCCCCCCCCCCCC/C=C\CCCCCCCCCC)COP(=O)(O)OCCN. The Morgan fingerprint density at radius 2 is 0.632 bits per heavy atom. The Balaban J connectivity index is 3.86. The Kier molecular flexibility index (Phi) is 69.5. The molecular weight excluding hydrogens is 1100 g/mol. The highest BCUT2D eigenvalue weighted by molar-refractivity contribution is 7.47. The molecule has 0 rings (SSSR count). The minimum atomic E-state index is -4.40. The Labute approximate surface area is 537 Å². The number of rotatable bonds is 69. The Bertz CT molecular complexity index is 1750. The average molecular weight is 1240 g/mol. The average Bonchev–Trinajstić information content (AvgIpc) is 3.64. The smallest absolute Gasteiger partial charge is 0.462 e. The number of unbranched alkanes of at least 4 members (excludes halogenated alkanes) is 40. The molecule has 0 fully saturated rings.